The van der Waals surface area contributed by atoms with Gasteiger partial charge in [-0.3, -0.25) is 0 Å². The van der Waals surface area contributed by atoms with E-state index in [2.05, 4.69) is 31.4 Å². The second-order valence-electron chi connectivity index (χ2n) is 4.39. The van der Waals surface area contributed by atoms with E-state index in [9.17, 15) is 0 Å². The highest BCUT2D eigenvalue weighted by Gasteiger charge is 2.08. The van der Waals surface area contributed by atoms with Gasteiger partial charge >= 0.3 is 0 Å². The van der Waals surface area contributed by atoms with Crippen LogP contribution in [0, 0.1) is 0 Å². The van der Waals surface area contributed by atoms with Gasteiger partial charge in [0.05, 0.1) is 6.54 Å². The molecule has 2 aromatic carbocycles. The molecule has 21 heavy (non-hydrogen) atoms. The lowest BCUT2D eigenvalue weighted by atomic mass is 10.2. The van der Waals surface area contributed by atoms with Crippen LogP contribution in [0.1, 0.15) is 5.89 Å². The summed E-state index contributed by atoms with van der Waals surface area (Å²) in [6, 6.07) is 15.2. The van der Waals surface area contributed by atoms with E-state index in [1.165, 1.54) is 0 Å². The van der Waals surface area contributed by atoms with E-state index in [1.54, 1.807) is 0 Å². The molecule has 6 heteroatoms. The first-order valence-electron chi connectivity index (χ1n) is 6.29. The molecule has 0 saturated carbocycles. The third-order valence-corrected chi connectivity index (χ3v) is 3.55. The second kappa shape index (κ2) is 6.28. The molecule has 0 saturated heterocycles. The van der Waals surface area contributed by atoms with Crippen LogP contribution in [0.25, 0.3) is 11.4 Å². The maximum absolute atomic E-state index is 5.93. The lowest BCUT2D eigenvalue weighted by Crippen LogP contribution is -1.99. The predicted octanol–water partition coefficient (Wildman–Crippen LogP) is 4.76. The standard InChI is InChI=1S/C15H11BrClN3O/c16-11-4-1-3-10(7-11)15-19-14(21-20-15)9-18-13-6-2-5-12(17)8-13/h1-8,18H,9H2. The quantitative estimate of drug-likeness (QED) is 0.725. The van der Waals surface area contributed by atoms with Gasteiger partial charge in [-0.05, 0) is 30.3 Å². The average Bonchev–Trinajstić information content (AvgIpc) is 2.94. The SMILES string of the molecule is Clc1cccc(NCc2nc(-c3cccc(Br)c3)no2)c1. The summed E-state index contributed by atoms with van der Waals surface area (Å²) in [5, 5.41) is 7.85. The van der Waals surface area contributed by atoms with Crippen molar-refractivity contribution in [2.75, 3.05) is 5.32 Å². The molecule has 0 spiro atoms. The molecule has 4 nitrogen and oxygen atoms in total. The molecule has 0 atom stereocenters. The summed E-state index contributed by atoms with van der Waals surface area (Å²) in [6.07, 6.45) is 0. The summed E-state index contributed by atoms with van der Waals surface area (Å²) in [5.41, 5.74) is 1.81. The van der Waals surface area contributed by atoms with Gasteiger partial charge < -0.3 is 9.84 Å². The van der Waals surface area contributed by atoms with Crippen molar-refractivity contribution in [3.05, 3.63) is 63.9 Å². The van der Waals surface area contributed by atoms with E-state index in [4.69, 9.17) is 16.1 Å². The molecule has 106 valence electrons. The smallest absolute Gasteiger partial charge is 0.246 e. The zero-order valence-electron chi connectivity index (χ0n) is 10.9. The summed E-state index contributed by atoms with van der Waals surface area (Å²) < 4.78 is 6.21. The van der Waals surface area contributed by atoms with Crippen LogP contribution in [-0.4, -0.2) is 10.1 Å². The van der Waals surface area contributed by atoms with Gasteiger partial charge in [0.15, 0.2) is 0 Å². The molecule has 0 aliphatic rings. The lowest BCUT2D eigenvalue weighted by molar-refractivity contribution is 0.384. The average molecular weight is 365 g/mol. The number of rotatable bonds is 4. The number of nitrogens with zero attached hydrogens (tertiary/aromatic N) is 2. The zero-order valence-corrected chi connectivity index (χ0v) is 13.2. The highest BCUT2D eigenvalue weighted by Crippen LogP contribution is 2.21. The fraction of sp³-hybridized carbons (Fsp3) is 0.0667. The molecule has 1 aromatic heterocycles. The van der Waals surface area contributed by atoms with Crippen LogP contribution in [0.5, 0.6) is 0 Å². The van der Waals surface area contributed by atoms with E-state index in [0.29, 0.717) is 23.3 Å². The first kappa shape index (κ1) is 14.1. The van der Waals surface area contributed by atoms with Crippen molar-refractivity contribution in [1.29, 1.82) is 0 Å². The van der Waals surface area contributed by atoms with Crippen molar-refractivity contribution in [2.45, 2.75) is 6.54 Å². The molecule has 0 aliphatic carbocycles. The second-order valence-corrected chi connectivity index (χ2v) is 5.74. The fourth-order valence-electron chi connectivity index (χ4n) is 1.85. The fourth-order valence-corrected chi connectivity index (χ4v) is 2.44. The Bertz CT molecular complexity index is 760. The molecule has 0 aliphatic heterocycles. The van der Waals surface area contributed by atoms with Gasteiger partial charge in [-0.1, -0.05) is 50.9 Å². The number of halogens is 2. The third kappa shape index (κ3) is 3.62. The summed E-state index contributed by atoms with van der Waals surface area (Å²) in [4.78, 5) is 4.37. The number of anilines is 1. The van der Waals surface area contributed by atoms with Gasteiger partial charge in [-0.2, -0.15) is 4.98 Å². The van der Waals surface area contributed by atoms with Gasteiger partial charge in [0.1, 0.15) is 0 Å². The predicted molar refractivity (Wildman–Crippen MR) is 86.2 cm³/mol. The van der Waals surface area contributed by atoms with Gasteiger partial charge in [-0.25, -0.2) is 0 Å². The Morgan fingerprint density at radius 2 is 2.00 bits per heavy atom. The molecule has 1 N–H and O–H groups in total. The zero-order chi connectivity index (χ0) is 14.7. The number of hydrogen-bond acceptors (Lipinski definition) is 4. The first-order chi connectivity index (χ1) is 10.2. The van der Waals surface area contributed by atoms with Crippen molar-refractivity contribution < 1.29 is 4.52 Å². The number of nitrogens with one attached hydrogen (secondary N) is 1. The highest BCUT2D eigenvalue weighted by molar-refractivity contribution is 9.10. The molecule has 1 heterocycles. The minimum absolute atomic E-state index is 0.446. The molecule has 0 amide bonds. The summed E-state index contributed by atoms with van der Waals surface area (Å²) in [7, 11) is 0. The molecular formula is C15H11BrClN3O. The van der Waals surface area contributed by atoms with E-state index >= 15 is 0 Å². The van der Waals surface area contributed by atoms with Crippen molar-refractivity contribution in [3.8, 4) is 11.4 Å². The Kier molecular flexibility index (Phi) is 4.22. The van der Waals surface area contributed by atoms with E-state index in [0.717, 1.165) is 15.7 Å². The highest BCUT2D eigenvalue weighted by atomic mass is 79.9. The topological polar surface area (TPSA) is 51.0 Å². The molecule has 0 unspecified atom stereocenters. The molecule has 3 rings (SSSR count). The minimum Gasteiger partial charge on any atom is -0.376 e. The minimum atomic E-state index is 0.446. The summed E-state index contributed by atoms with van der Waals surface area (Å²) in [5.74, 6) is 1.09. The third-order valence-electron chi connectivity index (χ3n) is 2.82. The van der Waals surface area contributed by atoms with Crippen LogP contribution in [0.15, 0.2) is 57.5 Å². The molecule has 0 radical (unpaired) electrons. The van der Waals surface area contributed by atoms with Gasteiger partial charge in [0.25, 0.3) is 0 Å². The van der Waals surface area contributed by atoms with Crippen molar-refractivity contribution in [2.24, 2.45) is 0 Å². The number of benzene rings is 2. The maximum atomic E-state index is 5.93. The van der Waals surface area contributed by atoms with Crippen LogP contribution in [0.2, 0.25) is 5.02 Å². The largest absolute Gasteiger partial charge is 0.376 e. The Balaban J connectivity index is 1.71. The Morgan fingerprint density at radius 1 is 1.14 bits per heavy atom. The lowest BCUT2D eigenvalue weighted by Gasteiger charge is -2.02. The van der Waals surface area contributed by atoms with Crippen molar-refractivity contribution in [1.82, 2.24) is 10.1 Å². The van der Waals surface area contributed by atoms with Crippen LogP contribution < -0.4 is 5.32 Å². The van der Waals surface area contributed by atoms with Crippen molar-refractivity contribution >= 4 is 33.2 Å². The molecular weight excluding hydrogens is 354 g/mol. The van der Waals surface area contributed by atoms with Crippen LogP contribution >= 0.6 is 27.5 Å². The van der Waals surface area contributed by atoms with Crippen LogP contribution in [0.3, 0.4) is 0 Å². The van der Waals surface area contributed by atoms with E-state index in [-0.39, 0.29) is 0 Å². The summed E-state index contributed by atoms with van der Waals surface area (Å²) >= 11 is 9.35. The van der Waals surface area contributed by atoms with Gasteiger partial charge in [0.2, 0.25) is 11.7 Å². The molecule has 0 bridgehead atoms. The van der Waals surface area contributed by atoms with Crippen LogP contribution in [-0.2, 0) is 6.54 Å². The van der Waals surface area contributed by atoms with Gasteiger partial charge in [-0.15, -0.1) is 0 Å². The Morgan fingerprint density at radius 3 is 2.81 bits per heavy atom. The normalized spacial score (nSPS) is 10.6. The van der Waals surface area contributed by atoms with E-state index in [1.807, 2.05) is 48.5 Å². The van der Waals surface area contributed by atoms with Gasteiger partial charge in [0, 0.05) is 20.7 Å². The monoisotopic (exact) mass is 363 g/mol. The van der Waals surface area contributed by atoms with Crippen LogP contribution in [0.4, 0.5) is 5.69 Å². The van der Waals surface area contributed by atoms with Crippen molar-refractivity contribution in [3.63, 3.8) is 0 Å². The molecule has 0 fully saturated rings. The first-order valence-corrected chi connectivity index (χ1v) is 7.46. The summed E-state index contributed by atoms with van der Waals surface area (Å²) in [6.45, 7) is 0.446. The maximum Gasteiger partial charge on any atom is 0.246 e. The number of hydrogen-bond donors (Lipinski definition) is 1. The number of aromatic nitrogens is 2. The Labute approximate surface area is 135 Å². The van der Waals surface area contributed by atoms with E-state index < -0.39 is 0 Å². The Hall–Kier alpha value is -1.85. The molecule has 3 aromatic rings.